The molecule has 4 rings (SSSR count). The number of non-ortho nitro benzene ring substituents is 1. The first-order valence-corrected chi connectivity index (χ1v) is 13.3. The van der Waals surface area contributed by atoms with Crippen molar-refractivity contribution in [1.82, 2.24) is 4.98 Å². The predicted molar refractivity (Wildman–Crippen MR) is 154 cm³/mol. The lowest BCUT2D eigenvalue weighted by Gasteiger charge is -2.11. The number of esters is 2. The van der Waals surface area contributed by atoms with Crippen LogP contribution < -0.4 is 4.74 Å². The van der Waals surface area contributed by atoms with Gasteiger partial charge in [-0.25, -0.2) is 14.6 Å². The zero-order valence-corrected chi connectivity index (χ0v) is 23.4. The summed E-state index contributed by atoms with van der Waals surface area (Å²) in [4.78, 5) is 40.4. The molecular formula is C32H30N2O8. The second-order valence-corrected chi connectivity index (χ2v) is 9.57. The van der Waals surface area contributed by atoms with E-state index in [1.807, 2.05) is 37.3 Å². The Bertz CT molecular complexity index is 1560. The highest BCUT2D eigenvalue weighted by atomic mass is 16.6. The number of carbonyl (C=O) groups excluding carboxylic acids is 2. The molecule has 0 aliphatic heterocycles. The predicted octanol–water partition coefficient (Wildman–Crippen LogP) is 6.26. The summed E-state index contributed by atoms with van der Waals surface area (Å²) in [7, 11) is 0. The molecule has 0 atom stereocenters. The zero-order chi connectivity index (χ0) is 30.1. The van der Waals surface area contributed by atoms with E-state index >= 15 is 0 Å². The van der Waals surface area contributed by atoms with Gasteiger partial charge in [-0.3, -0.25) is 10.1 Å². The highest BCUT2D eigenvalue weighted by molar-refractivity contribution is 6.17. The van der Waals surface area contributed by atoms with Gasteiger partial charge in [0, 0.05) is 24.1 Å². The average molecular weight is 571 g/mol. The number of hydrogen-bond acceptors (Lipinski definition) is 9. The molecule has 4 aromatic rings. The molecule has 1 aromatic heterocycles. The van der Waals surface area contributed by atoms with Crippen molar-refractivity contribution in [3.63, 3.8) is 0 Å². The molecule has 0 saturated carbocycles. The smallest absolute Gasteiger partial charge is 0.345 e. The van der Waals surface area contributed by atoms with E-state index in [4.69, 9.17) is 18.6 Å². The van der Waals surface area contributed by atoms with E-state index in [-0.39, 0.29) is 17.9 Å². The Balaban J connectivity index is 1.38. The molecule has 0 aliphatic carbocycles. The molecule has 0 fully saturated rings. The van der Waals surface area contributed by atoms with E-state index < -0.39 is 23.0 Å². The van der Waals surface area contributed by atoms with Crippen molar-refractivity contribution in [2.45, 2.75) is 39.9 Å². The quantitative estimate of drug-likeness (QED) is 0.0484. The maximum absolute atomic E-state index is 12.8. The fraction of sp³-hybridized carbons (Fsp3) is 0.219. The number of oxazole rings is 1. The fourth-order valence-electron chi connectivity index (χ4n) is 3.88. The molecule has 0 aliphatic rings. The van der Waals surface area contributed by atoms with Gasteiger partial charge < -0.3 is 18.6 Å². The number of ether oxygens (including phenoxy) is 3. The van der Waals surface area contributed by atoms with Crippen molar-refractivity contribution in [1.29, 1.82) is 0 Å². The Morgan fingerprint density at radius 3 is 2.31 bits per heavy atom. The summed E-state index contributed by atoms with van der Waals surface area (Å²) in [6.45, 7) is 5.42. The van der Waals surface area contributed by atoms with Gasteiger partial charge in [0.15, 0.2) is 0 Å². The zero-order valence-electron chi connectivity index (χ0n) is 23.4. The monoisotopic (exact) mass is 570 g/mol. The lowest BCUT2D eigenvalue weighted by molar-refractivity contribution is -0.384. The van der Waals surface area contributed by atoms with Gasteiger partial charge in [0.25, 0.3) is 5.69 Å². The second kappa shape index (κ2) is 13.9. The average Bonchev–Trinajstić information content (AvgIpc) is 3.35. The topological polar surface area (TPSA) is 131 Å². The molecule has 3 aromatic carbocycles. The van der Waals surface area contributed by atoms with E-state index in [9.17, 15) is 19.7 Å². The molecule has 0 N–H and O–H groups in total. The molecule has 0 amide bonds. The Kier molecular flexibility index (Phi) is 9.83. The Hall–Kier alpha value is -5.25. The van der Waals surface area contributed by atoms with Gasteiger partial charge in [-0.05, 0) is 74.4 Å². The van der Waals surface area contributed by atoms with Crippen molar-refractivity contribution < 1.29 is 33.1 Å². The molecule has 0 bridgehead atoms. The summed E-state index contributed by atoms with van der Waals surface area (Å²) >= 11 is 0. The van der Waals surface area contributed by atoms with E-state index in [1.54, 1.807) is 38.1 Å². The van der Waals surface area contributed by atoms with Crippen LogP contribution >= 0.6 is 0 Å². The normalized spacial score (nSPS) is 11.3. The van der Waals surface area contributed by atoms with Crippen molar-refractivity contribution in [3.8, 4) is 17.2 Å². The summed E-state index contributed by atoms with van der Waals surface area (Å²) in [6, 6.07) is 22.1. The Labute approximate surface area is 242 Å². The van der Waals surface area contributed by atoms with E-state index in [0.717, 1.165) is 17.0 Å². The molecule has 0 saturated heterocycles. The number of nitro benzene ring substituents is 1. The molecule has 1 heterocycles. The first kappa shape index (κ1) is 29.7. The number of nitro groups is 1. The van der Waals surface area contributed by atoms with Crippen molar-refractivity contribution >= 4 is 23.7 Å². The number of hydrogen-bond donors (Lipinski definition) is 0. The van der Waals surface area contributed by atoms with Crippen LogP contribution in [0.3, 0.4) is 0 Å². The van der Waals surface area contributed by atoms with Crippen LogP contribution in [0.15, 0.2) is 88.9 Å². The maximum atomic E-state index is 12.8. The molecule has 0 radical (unpaired) electrons. The Morgan fingerprint density at radius 2 is 1.67 bits per heavy atom. The molecule has 216 valence electrons. The number of carbonyl (C=O) groups is 2. The van der Waals surface area contributed by atoms with Gasteiger partial charge >= 0.3 is 11.9 Å². The molecule has 42 heavy (non-hydrogen) atoms. The summed E-state index contributed by atoms with van der Waals surface area (Å²) in [6.07, 6.45) is 1.49. The first-order valence-electron chi connectivity index (χ1n) is 13.3. The molecular weight excluding hydrogens is 540 g/mol. The Morgan fingerprint density at radius 1 is 0.976 bits per heavy atom. The third-order valence-electron chi connectivity index (χ3n) is 6.01. The van der Waals surface area contributed by atoms with Gasteiger partial charge in [-0.1, -0.05) is 30.3 Å². The van der Waals surface area contributed by atoms with E-state index in [1.165, 1.54) is 30.3 Å². The summed E-state index contributed by atoms with van der Waals surface area (Å²) < 4.78 is 22.2. The van der Waals surface area contributed by atoms with Gasteiger partial charge in [-0.15, -0.1) is 0 Å². The third-order valence-corrected chi connectivity index (χ3v) is 6.01. The molecule has 0 unspecified atom stereocenters. The lowest BCUT2D eigenvalue weighted by atomic mass is 10.1. The summed E-state index contributed by atoms with van der Waals surface area (Å²) in [5.74, 6) is 0.203. The minimum Gasteiger partial charge on any atom is -0.493 e. The summed E-state index contributed by atoms with van der Waals surface area (Å²) in [5.41, 5.74) is 2.45. The largest absolute Gasteiger partial charge is 0.493 e. The fourth-order valence-corrected chi connectivity index (χ4v) is 3.88. The standard InChI is InChI=1S/C32H30N2O8/c1-21(2)41-32(36)28(31(35)40-20-24-9-13-26(14-10-24)34(37)38)19-23-11-15-27(16-12-23)39-18-17-29-22(3)42-30(33-29)25-7-5-4-6-8-25/h4-16,19,21H,17-18,20H2,1-3H3/b28-19-. The number of nitrogens with zero attached hydrogens (tertiary/aromatic N) is 2. The minimum absolute atomic E-state index is 0.0796. The third kappa shape index (κ3) is 8.14. The van der Waals surface area contributed by atoms with E-state index in [2.05, 4.69) is 4.98 Å². The van der Waals surface area contributed by atoms with Crippen LogP contribution in [0, 0.1) is 17.0 Å². The van der Waals surface area contributed by atoms with Gasteiger partial charge in [0.1, 0.15) is 23.7 Å². The van der Waals surface area contributed by atoms with Crippen LogP contribution in [0.25, 0.3) is 17.5 Å². The highest BCUT2D eigenvalue weighted by Gasteiger charge is 2.23. The summed E-state index contributed by atoms with van der Waals surface area (Å²) in [5, 5.41) is 10.8. The van der Waals surface area contributed by atoms with Crippen molar-refractivity contribution in [2.75, 3.05) is 6.61 Å². The molecule has 0 spiro atoms. The molecule has 10 heteroatoms. The first-order chi connectivity index (χ1) is 20.2. The van der Waals surface area contributed by atoms with Crippen molar-refractivity contribution in [2.24, 2.45) is 0 Å². The van der Waals surface area contributed by atoms with E-state index in [0.29, 0.717) is 35.8 Å². The van der Waals surface area contributed by atoms with Crippen LogP contribution in [0.1, 0.15) is 36.4 Å². The maximum Gasteiger partial charge on any atom is 0.345 e. The van der Waals surface area contributed by atoms with Crippen molar-refractivity contribution in [3.05, 3.63) is 117 Å². The van der Waals surface area contributed by atoms with Crippen LogP contribution in [0.5, 0.6) is 5.75 Å². The SMILES string of the molecule is Cc1oc(-c2ccccc2)nc1CCOc1ccc(/C=C(/C(=O)OCc2ccc([N+](=O)[O-])cc2)C(=O)OC(C)C)cc1. The van der Waals surface area contributed by atoms with Crippen LogP contribution in [-0.2, 0) is 32.1 Å². The molecule has 10 nitrogen and oxygen atoms in total. The number of aryl methyl sites for hydroxylation is 1. The van der Waals surface area contributed by atoms with Crippen LogP contribution in [0.4, 0.5) is 5.69 Å². The lowest BCUT2D eigenvalue weighted by Crippen LogP contribution is -2.21. The highest BCUT2D eigenvalue weighted by Crippen LogP contribution is 2.22. The van der Waals surface area contributed by atoms with Crippen LogP contribution in [0.2, 0.25) is 0 Å². The number of aromatic nitrogens is 1. The van der Waals surface area contributed by atoms with Gasteiger partial charge in [0.2, 0.25) is 5.89 Å². The van der Waals surface area contributed by atoms with Gasteiger partial charge in [0.05, 0.1) is 23.3 Å². The minimum atomic E-state index is -0.878. The number of benzene rings is 3. The second-order valence-electron chi connectivity index (χ2n) is 9.57. The van der Waals surface area contributed by atoms with Crippen LogP contribution in [-0.4, -0.2) is 34.6 Å². The number of rotatable bonds is 12. The van der Waals surface area contributed by atoms with Gasteiger partial charge in [-0.2, -0.15) is 0 Å².